The predicted molar refractivity (Wildman–Crippen MR) is 115 cm³/mol. The Morgan fingerprint density at radius 1 is 1.07 bits per heavy atom. The molecule has 0 aliphatic carbocycles. The first-order valence-corrected chi connectivity index (χ1v) is 8.76. The van der Waals surface area contributed by atoms with E-state index in [1.807, 2.05) is 12.1 Å². The van der Waals surface area contributed by atoms with E-state index in [2.05, 4.69) is 26.3 Å². The maximum absolute atomic E-state index is 12.1. The number of carbonyl (C=O) groups excluding carboxylic acids is 2. The van der Waals surface area contributed by atoms with Gasteiger partial charge in [-0.15, -0.1) is 24.8 Å². The van der Waals surface area contributed by atoms with E-state index < -0.39 is 0 Å². The van der Waals surface area contributed by atoms with Gasteiger partial charge in [0.05, 0.1) is 0 Å². The van der Waals surface area contributed by atoms with Gasteiger partial charge in [-0.05, 0) is 55.3 Å². The largest absolute Gasteiger partial charge is 0.334 e. The molecule has 152 valence electrons. The van der Waals surface area contributed by atoms with Crippen LogP contribution in [-0.2, 0) is 11.3 Å². The lowest BCUT2D eigenvalue weighted by molar-refractivity contribution is -0.116. The number of halogens is 2. The molecule has 1 unspecified atom stereocenters. The number of amides is 3. The van der Waals surface area contributed by atoms with E-state index >= 15 is 0 Å². The van der Waals surface area contributed by atoms with Crippen molar-refractivity contribution in [3.05, 3.63) is 54.4 Å². The fraction of sp³-hybridized carbons (Fsp3) is 0.316. The van der Waals surface area contributed by atoms with Crippen molar-refractivity contribution in [1.29, 1.82) is 0 Å². The minimum atomic E-state index is -0.305. The Labute approximate surface area is 176 Å². The number of hydrogen-bond donors (Lipinski definition) is 4. The molecule has 2 heterocycles. The zero-order valence-electron chi connectivity index (χ0n) is 15.3. The highest BCUT2D eigenvalue weighted by molar-refractivity contribution is 5.93. The van der Waals surface area contributed by atoms with Gasteiger partial charge < -0.3 is 21.3 Å². The summed E-state index contributed by atoms with van der Waals surface area (Å²) in [4.78, 5) is 28.1. The number of nitrogens with zero attached hydrogens (tertiary/aromatic N) is 1. The molecule has 4 N–H and O–H groups in total. The third-order valence-corrected chi connectivity index (χ3v) is 4.20. The molecule has 0 radical (unpaired) electrons. The van der Waals surface area contributed by atoms with Crippen molar-refractivity contribution >= 4 is 48.1 Å². The third kappa shape index (κ3) is 7.72. The van der Waals surface area contributed by atoms with Gasteiger partial charge in [-0.1, -0.05) is 6.07 Å². The van der Waals surface area contributed by atoms with Gasteiger partial charge in [0.2, 0.25) is 5.91 Å². The van der Waals surface area contributed by atoms with Crippen LogP contribution in [0.4, 0.5) is 16.2 Å². The zero-order valence-corrected chi connectivity index (χ0v) is 16.9. The van der Waals surface area contributed by atoms with Crippen LogP contribution in [0.3, 0.4) is 0 Å². The highest BCUT2D eigenvalue weighted by Gasteiger charge is 2.17. The van der Waals surface area contributed by atoms with E-state index in [9.17, 15) is 9.59 Å². The second-order valence-corrected chi connectivity index (χ2v) is 6.29. The molecule has 0 saturated carbocycles. The van der Waals surface area contributed by atoms with Crippen molar-refractivity contribution in [1.82, 2.24) is 15.6 Å². The normalized spacial score (nSPS) is 14.9. The van der Waals surface area contributed by atoms with Crippen molar-refractivity contribution in [3.8, 4) is 0 Å². The summed E-state index contributed by atoms with van der Waals surface area (Å²) in [5, 5.41) is 11.7. The highest BCUT2D eigenvalue weighted by atomic mass is 35.5. The van der Waals surface area contributed by atoms with Crippen LogP contribution >= 0.6 is 24.8 Å². The van der Waals surface area contributed by atoms with Crippen LogP contribution in [0.5, 0.6) is 0 Å². The topological polar surface area (TPSA) is 95.2 Å². The number of urea groups is 1. The van der Waals surface area contributed by atoms with Crippen molar-refractivity contribution < 1.29 is 9.59 Å². The Morgan fingerprint density at radius 3 is 2.46 bits per heavy atom. The number of carbonyl (C=O) groups is 2. The minimum Gasteiger partial charge on any atom is -0.334 e. The molecule has 0 spiro atoms. The van der Waals surface area contributed by atoms with Gasteiger partial charge in [0.1, 0.15) is 0 Å². The maximum atomic E-state index is 12.1. The molecule has 1 atom stereocenters. The molecule has 1 aliphatic rings. The first-order valence-electron chi connectivity index (χ1n) is 8.76. The zero-order chi connectivity index (χ0) is 18.2. The first-order chi connectivity index (χ1) is 12.7. The molecule has 1 aliphatic heterocycles. The van der Waals surface area contributed by atoms with Crippen molar-refractivity contribution in [2.24, 2.45) is 0 Å². The van der Waals surface area contributed by atoms with Crippen LogP contribution in [0, 0.1) is 0 Å². The van der Waals surface area contributed by atoms with Crippen LogP contribution in [0.2, 0.25) is 0 Å². The Hall–Kier alpha value is -2.35. The van der Waals surface area contributed by atoms with Crippen LogP contribution in [-0.4, -0.2) is 29.5 Å². The fourth-order valence-electron chi connectivity index (χ4n) is 2.90. The van der Waals surface area contributed by atoms with E-state index in [1.165, 1.54) is 0 Å². The van der Waals surface area contributed by atoms with Crippen LogP contribution in [0.1, 0.15) is 24.8 Å². The van der Waals surface area contributed by atoms with Gasteiger partial charge in [0, 0.05) is 42.8 Å². The minimum absolute atomic E-state index is 0. The number of nitrogens with one attached hydrogen (secondary N) is 4. The van der Waals surface area contributed by atoms with Gasteiger partial charge in [0.15, 0.2) is 0 Å². The second kappa shape index (κ2) is 12.2. The lowest BCUT2D eigenvalue weighted by atomic mass is 10.1. The Bertz CT molecular complexity index is 755. The van der Waals surface area contributed by atoms with Crippen molar-refractivity contribution in [3.63, 3.8) is 0 Å². The number of rotatable bonds is 6. The number of anilines is 2. The smallest absolute Gasteiger partial charge is 0.319 e. The number of benzene rings is 1. The summed E-state index contributed by atoms with van der Waals surface area (Å²) in [5.41, 5.74) is 2.26. The maximum Gasteiger partial charge on any atom is 0.319 e. The molecule has 1 fully saturated rings. The van der Waals surface area contributed by atoms with Crippen LogP contribution < -0.4 is 21.3 Å². The summed E-state index contributed by atoms with van der Waals surface area (Å²) in [5.74, 6) is -0.0244. The second-order valence-electron chi connectivity index (χ2n) is 6.29. The average Bonchev–Trinajstić information content (AvgIpc) is 3.14. The van der Waals surface area contributed by atoms with Gasteiger partial charge in [-0.2, -0.15) is 0 Å². The standard InChI is InChI=1S/C19H23N5O2.2ClH/c25-18(12-15-5-2-8-21-15)23-16-3-1-4-17(11-16)24-19(26)22-13-14-6-9-20-10-7-14;;/h1,3-4,6-7,9-11,15,21H,2,5,8,12-13H2,(H,23,25)(H2,22,24,26);2*1H. The van der Waals surface area contributed by atoms with E-state index in [4.69, 9.17) is 0 Å². The average molecular weight is 426 g/mol. The van der Waals surface area contributed by atoms with Crippen molar-refractivity contribution in [2.75, 3.05) is 17.2 Å². The van der Waals surface area contributed by atoms with Gasteiger partial charge in [0.25, 0.3) is 0 Å². The molecule has 0 bridgehead atoms. The summed E-state index contributed by atoms with van der Waals surface area (Å²) in [7, 11) is 0. The SMILES string of the molecule is Cl.Cl.O=C(CC1CCCN1)Nc1cccc(NC(=O)NCc2ccncc2)c1. The van der Waals surface area contributed by atoms with Gasteiger partial charge in [-0.3, -0.25) is 9.78 Å². The number of pyridine rings is 1. The van der Waals surface area contributed by atoms with Crippen molar-refractivity contribution in [2.45, 2.75) is 31.8 Å². The van der Waals surface area contributed by atoms with E-state index in [0.717, 1.165) is 24.9 Å². The molecule has 1 aromatic heterocycles. The molecule has 28 heavy (non-hydrogen) atoms. The number of hydrogen-bond acceptors (Lipinski definition) is 4. The molecule has 7 nitrogen and oxygen atoms in total. The fourth-order valence-corrected chi connectivity index (χ4v) is 2.90. The number of aromatic nitrogens is 1. The predicted octanol–water partition coefficient (Wildman–Crippen LogP) is 3.33. The van der Waals surface area contributed by atoms with E-state index in [0.29, 0.717) is 24.3 Å². The molecule has 9 heteroatoms. The lowest BCUT2D eigenvalue weighted by Gasteiger charge is -2.12. The summed E-state index contributed by atoms with van der Waals surface area (Å²) < 4.78 is 0. The molecule has 1 aromatic carbocycles. The van der Waals surface area contributed by atoms with E-state index in [-0.39, 0.29) is 42.8 Å². The Morgan fingerprint density at radius 2 is 1.79 bits per heavy atom. The monoisotopic (exact) mass is 425 g/mol. The molecular formula is C19H25Cl2N5O2. The third-order valence-electron chi connectivity index (χ3n) is 4.20. The highest BCUT2D eigenvalue weighted by Crippen LogP contribution is 2.16. The lowest BCUT2D eigenvalue weighted by Crippen LogP contribution is -2.28. The molecule has 3 amide bonds. The molecule has 1 saturated heterocycles. The quantitative estimate of drug-likeness (QED) is 0.570. The Kier molecular flexibility index (Phi) is 10.3. The first kappa shape index (κ1) is 23.7. The Balaban J connectivity index is 0.00000196. The van der Waals surface area contributed by atoms with E-state index in [1.54, 1.807) is 36.7 Å². The summed E-state index contributed by atoms with van der Waals surface area (Å²) in [6, 6.07) is 10.8. The molecular weight excluding hydrogens is 401 g/mol. The molecule has 2 aromatic rings. The van der Waals surface area contributed by atoms with Crippen LogP contribution in [0.15, 0.2) is 48.8 Å². The summed E-state index contributed by atoms with van der Waals surface area (Å²) >= 11 is 0. The van der Waals surface area contributed by atoms with Gasteiger partial charge >= 0.3 is 6.03 Å². The van der Waals surface area contributed by atoms with Crippen LogP contribution in [0.25, 0.3) is 0 Å². The van der Waals surface area contributed by atoms with Gasteiger partial charge in [-0.25, -0.2) is 4.79 Å². The summed E-state index contributed by atoms with van der Waals surface area (Å²) in [6.07, 6.45) is 5.98. The summed E-state index contributed by atoms with van der Waals surface area (Å²) in [6.45, 7) is 1.39. The molecule has 3 rings (SSSR count).